The lowest BCUT2D eigenvalue weighted by atomic mass is 10.1. The fourth-order valence-corrected chi connectivity index (χ4v) is 1.77. The first-order valence-corrected chi connectivity index (χ1v) is 6.06. The number of carboxylic acid groups (broad SMARTS) is 1. The first kappa shape index (κ1) is 14.3. The summed E-state index contributed by atoms with van der Waals surface area (Å²) in [4.78, 5) is 22.3. The van der Waals surface area contributed by atoms with E-state index in [4.69, 9.17) is 5.11 Å². The second kappa shape index (κ2) is 6.23. The first-order chi connectivity index (χ1) is 8.41. The van der Waals surface area contributed by atoms with Crippen LogP contribution >= 0.6 is 0 Å². The number of aromatic nitrogens is 1. The number of aryl methyl sites for hydroxylation is 1. The quantitative estimate of drug-likeness (QED) is 0.809. The third-order valence-corrected chi connectivity index (χ3v) is 3.01. The molecule has 0 fully saturated rings. The van der Waals surface area contributed by atoms with E-state index in [1.165, 1.54) is 0 Å². The van der Waals surface area contributed by atoms with Gasteiger partial charge in [-0.05, 0) is 38.8 Å². The molecule has 0 saturated heterocycles. The highest BCUT2D eigenvalue weighted by molar-refractivity contribution is 5.93. The molecule has 0 radical (unpaired) electrons. The fraction of sp³-hybridized carbons (Fsp3) is 0.538. The Balaban J connectivity index is 2.45. The van der Waals surface area contributed by atoms with Gasteiger partial charge in [-0.25, -0.2) is 0 Å². The van der Waals surface area contributed by atoms with Crippen LogP contribution in [0.25, 0.3) is 0 Å². The summed E-state index contributed by atoms with van der Waals surface area (Å²) in [7, 11) is 1.85. The standard InChI is InChI=1S/C13H20N2O3/c1-9(5-4-6-12(16)17)14-13(18)11-8-7-10(2)15(11)3/h7-9H,4-6H2,1-3H3,(H,14,18)(H,16,17). The Morgan fingerprint density at radius 2 is 2.11 bits per heavy atom. The number of amides is 1. The maximum Gasteiger partial charge on any atom is 0.303 e. The lowest BCUT2D eigenvalue weighted by Crippen LogP contribution is -2.33. The summed E-state index contributed by atoms with van der Waals surface area (Å²) in [6, 6.07) is 3.66. The zero-order chi connectivity index (χ0) is 13.7. The minimum atomic E-state index is -0.799. The predicted octanol–water partition coefficient (Wildman–Crippen LogP) is 1.71. The van der Waals surface area contributed by atoms with Gasteiger partial charge in [0.2, 0.25) is 0 Å². The predicted molar refractivity (Wildman–Crippen MR) is 68.6 cm³/mol. The van der Waals surface area contributed by atoms with Gasteiger partial charge in [-0.1, -0.05) is 0 Å². The summed E-state index contributed by atoms with van der Waals surface area (Å²) in [6.45, 7) is 3.82. The molecule has 0 aromatic carbocycles. The van der Waals surface area contributed by atoms with Crippen molar-refractivity contribution < 1.29 is 14.7 Å². The summed E-state index contributed by atoms with van der Waals surface area (Å²) < 4.78 is 1.83. The highest BCUT2D eigenvalue weighted by Crippen LogP contribution is 2.07. The van der Waals surface area contributed by atoms with E-state index in [0.717, 1.165) is 5.69 Å². The number of rotatable bonds is 6. The molecule has 5 nitrogen and oxygen atoms in total. The lowest BCUT2D eigenvalue weighted by Gasteiger charge is -2.14. The molecule has 0 aliphatic rings. The fourth-order valence-electron chi connectivity index (χ4n) is 1.77. The molecule has 100 valence electrons. The van der Waals surface area contributed by atoms with E-state index in [1.54, 1.807) is 6.07 Å². The number of hydrogen-bond acceptors (Lipinski definition) is 2. The Hall–Kier alpha value is -1.78. The summed E-state index contributed by atoms with van der Waals surface area (Å²) in [5.41, 5.74) is 1.65. The lowest BCUT2D eigenvalue weighted by molar-refractivity contribution is -0.137. The van der Waals surface area contributed by atoms with E-state index in [0.29, 0.717) is 18.5 Å². The van der Waals surface area contributed by atoms with Crippen molar-refractivity contribution in [3.05, 3.63) is 23.5 Å². The summed E-state index contributed by atoms with van der Waals surface area (Å²) >= 11 is 0. The molecule has 1 amide bonds. The van der Waals surface area contributed by atoms with Gasteiger partial charge in [-0.3, -0.25) is 9.59 Å². The molecule has 0 bridgehead atoms. The molecule has 1 aromatic heterocycles. The highest BCUT2D eigenvalue weighted by atomic mass is 16.4. The maximum absolute atomic E-state index is 11.9. The average molecular weight is 252 g/mol. The molecule has 5 heteroatoms. The van der Waals surface area contributed by atoms with E-state index in [1.807, 2.05) is 31.5 Å². The Bertz CT molecular complexity index is 437. The number of carbonyl (C=O) groups excluding carboxylic acids is 1. The van der Waals surface area contributed by atoms with Crippen molar-refractivity contribution in [3.8, 4) is 0 Å². The molecule has 1 atom stereocenters. The van der Waals surface area contributed by atoms with Crippen molar-refractivity contribution in [1.82, 2.24) is 9.88 Å². The van der Waals surface area contributed by atoms with Crippen molar-refractivity contribution in [2.75, 3.05) is 0 Å². The van der Waals surface area contributed by atoms with Gasteiger partial charge in [0.05, 0.1) is 0 Å². The van der Waals surface area contributed by atoms with Crippen LogP contribution in [-0.2, 0) is 11.8 Å². The van der Waals surface area contributed by atoms with Gasteiger partial charge in [0.1, 0.15) is 5.69 Å². The summed E-state index contributed by atoms with van der Waals surface area (Å²) in [5.74, 6) is -0.917. The van der Waals surface area contributed by atoms with Crippen molar-refractivity contribution in [1.29, 1.82) is 0 Å². The van der Waals surface area contributed by atoms with Gasteiger partial charge in [-0.15, -0.1) is 0 Å². The van der Waals surface area contributed by atoms with Crippen molar-refractivity contribution in [2.45, 2.75) is 39.2 Å². The van der Waals surface area contributed by atoms with Crippen LogP contribution in [0.3, 0.4) is 0 Å². The Morgan fingerprint density at radius 3 is 2.61 bits per heavy atom. The van der Waals surface area contributed by atoms with Crippen molar-refractivity contribution >= 4 is 11.9 Å². The molecule has 0 spiro atoms. The molecule has 18 heavy (non-hydrogen) atoms. The minimum absolute atomic E-state index is 0.0212. The van der Waals surface area contributed by atoms with Gasteiger partial charge >= 0.3 is 5.97 Å². The molecule has 1 unspecified atom stereocenters. The first-order valence-electron chi connectivity index (χ1n) is 6.06. The molecule has 1 heterocycles. The largest absolute Gasteiger partial charge is 0.481 e. The molecule has 2 N–H and O–H groups in total. The van der Waals surface area contributed by atoms with Gasteiger partial charge in [0.25, 0.3) is 5.91 Å². The average Bonchev–Trinajstić information content (AvgIpc) is 2.59. The third-order valence-electron chi connectivity index (χ3n) is 3.01. The number of hydrogen-bond donors (Lipinski definition) is 2. The van der Waals surface area contributed by atoms with Crippen LogP contribution in [0.15, 0.2) is 12.1 Å². The Labute approximate surface area is 107 Å². The molecular weight excluding hydrogens is 232 g/mol. The highest BCUT2D eigenvalue weighted by Gasteiger charge is 2.13. The normalized spacial score (nSPS) is 12.2. The molecule has 0 aliphatic carbocycles. The van der Waals surface area contributed by atoms with E-state index >= 15 is 0 Å². The second-order valence-electron chi connectivity index (χ2n) is 4.58. The molecule has 1 rings (SSSR count). The van der Waals surface area contributed by atoms with E-state index in [9.17, 15) is 9.59 Å². The third kappa shape index (κ3) is 3.91. The number of carbonyl (C=O) groups is 2. The van der Waals surface area contributed by atoms with E-state index < -0.39 is 5.97 Å². The molecule has 0 aliphatic heterocycles. The molecular formula is C13H20N2O3. The smallest absolute Gasteiger partial charge is 0.303 e. The van der Waals surface area contributed by atoms with E-state index in [-0.39, 0.29) is 18.4 Å². The number of nitrogens with zero attached hydrogens (tertiary/aromatic N) is 1. The number of aliphatic carboxylic acids is 1. The Morgan fingerprint density at radius 1 is 1.44 bits per heavy atom. The van der Waals surface area contributed by atoms with Gasteiger partial charge < -0.3 is 15.0 Å². The van der Waals surface area contributed by atoms with Crippen LogP contribution in [-0.4, -0.2) is 27.6 Å². The zero-order valence-electron chi connectivity index (χ0n) is 11.1. The summed E-state index contributed by atoms with van der Waals surface area (Å²) in [6.07, 6.45) is 1.38. The summed E-state index contributed by atoms with van der Waals surface area (Å²) in [5, 5.41) is 11.4. The minimum Gasteiger partial charge on any atom is -0.481 e. The van der Waals surface area contributed by atoms with Crippen molar-refractivity contribution in [3.63, 3.8) is 0 Å². The molecule has 0 saturated carbocycles. The van der Waals surface area contributed by atoms with Crippen LogP contribution in [0, 0.1) is 6.92 Å². The number of carboxylic acids is 1. The number of nitrogens with one attached hydrogen (secondary N) is 1. The van der Waals surface area contributed by atoms with Gasteiger partial charge in [0.15, 0.2) is 0 Å². The maximum atomic E-state index is 11.9. The van der Waals surface area contributed by atoms with E-state index in [2.05, 4.69) is 5.32 Å². The van der Waals surface area contributed by atoms with Crippen LogP contribution < -0.4 is 5.32 Å². The van der Waals surface area contributed by atoms with Crippen LogP contribution in [0.4, 0.5) is 0 Å². The topological polar surface area (TPSA) is 71.3 Å². The van der Waals surface area contributed by atoms with Gasteiger partial charge in [-0.2, -0.15) is 0 Å². The van der Waals surface area contributed by atoms with Crippen LogP contribution in [0.2, 0.25) is 0 Å². The second-order valence-corrected chi connectivity index (χ2v) is 4.58. The Kier molecular flexibility index (Phi) is 4.95. The molecule has 1 aromatic rings. The zero-order valence-corrected chi connectivity index (χ0v) is 11.1. The SMILES string of the molecule is Cc1ccc(C(=O)NC(C)CCCC(=O)O)n1C. The monoisotopic (exact) mass is 252 g/mol. The van der Waals surface area contributed by atoms with Crippen molar-refractivity contribution in [2.24, 2.45) is 7.05 Å². The van der Waals surface area contributed by atoms with Crippen LogP contribution in [0.5, 0.6) is 0 Å². The van der Waals surface area contributed by atoms with Gasteiger partial charge in [0, 0.05) is 25.2 Å². The van der Waals surface area contributed by atoms with Crippen LogP contribution in [0.1, 0.15) is 42.4 Å².